The molecule has 0 fully saturated rings. The van der Waals surface area contributed by atoms with Crippen molar-refractivity contribution in [3.8, 4) is 0 Å². The molecule has 0 aromatic rings. The second-order valence-electron chi connectivity index (χ2n) is 8.27. The Bertz CT molecular complexity index is 206. The highest BCUT2D eigenvalue weighted by Gasteiger charge is 2.06. The smallest absolute Gasteiger partial charge is 0.00163 e. The summed E-state index contributed by atoms with van der Waals surface area (Å²) < 4.78 is 0. The summed E-state index contributed by atoms with van der Waals surface area (Å²) in [6.07, 6.45) is 21.4. The first kappa shape index (κ1) is 24.0. The van der Waals surface area contributed by atoms with Gasteiger partial charge in [0.05, 0.1) is 0 Å². The zero-order valence-electron chi connectivity index (χ0n) is 17.8. The van der Waals surface area contributed by atoms with Crippen LogP contribution in [0.5, 0.6) is 0 Å². The van der Waals surface area contributed by atoms with Crippen molar-refractivity contribution in [2.75, 3.05) is 19.6 Å². The van der Waals surface area contributed by atoms with E-state index in [9.17, 15) is 0 Å². The van der Waals surface area contributed by atoms with Crippen molar-refractivity contribution in [1.29, 1.82) is 0 Å². The second kappa shape index (κ2) is 19.3. The number of rotatable bonds is 19. The Balaban J connectivity index is 3.68. The molecule has 0 aliphatic heterocycles. The van der Waals surface area contributed by atoms with Gasteiger partial charge in [0.15, 0.2) is 0 Å². The van der Waals surface area contributed by atoms with Gasteiger partial charge in [-0.2, -0.15) is 0 Å². The predicted octanol–water partition coefficient (Wildman–Crippen LogP) is 7.84. The van der Waals surface area contributed by atoms with Crippen LogP contribution >= 0.6 is 0 Å². The minimum atomic E-state index is 0.843. The summed E-state index contributed by atoms with van der Waals surface area (Å²) in [4.78, 5) is 2.76. The molecule has 1 nitrogen and oxygen atoms in total. The fraction of sp³-hybridized carbons (Fsp3) is 1.00. The van der Waals surface area contributed by atoms with Crippen LogP contribution < -0.4 is 0 Å². The van der Waals surface area contributed by atoms with Gasteiger partial charge in [-0.05, 0) is 44.8 Å². The second-order valence-corrected chi connectivity index (χ2v) is 8.27. The lowest BCUT2D eigenvalue weighted by Crippen LogP contribution is -2.28. The quantitative estimate of drug-likeness (QED) is 0.217. The topological polar surface area (TPSA) is 3.24 Å². The Morgan fingerprint density at radius 2 is 0.875 bits per heavy atom. The van der Waals surface area contributed by atoms with E-state index in [0.717, 1.165) is 5.92 Å². The molecule has 0 bridgehead atoms. The van der Waals surface area contributed by atoms with Gasteiger partial charge in [-0.1, -0.05) is 105 Å². The molecule has 0 rings (SSSR count). The molecule has 0 aromatic carbocycles. The molecule has 0 saturated heterocycles. The highest BCUT2D eigenvalue weighted by molar-refractivity contribution is 4.61. The van der Waals surface area contributed by atoms with Gasteiger partial charge in [0.1, 0.15) is 0 Å². The van der Waals surface area contributed by atoms with E-state index in [4.69, 9.17) is 0 Å². The number of nitrogens with zero attached hydrogens (tertiary/aromatic N) is 1. The number of hydrogen-bond acceptors (Lipinski definition) is 1. The van der Waals surface area contributed by atoms with E-state index in [1.54, 1.807) is 0 Å². The van der Waals surface area contributed by atoms with Gasteiger partial charge in [-0.25, -0.2) is 0 Å². The highest BCUT2D eigenvalue weighted by Crippen LogP contribution is 2.11. The van der Waals surface area contributed by atoms with Crippen molar-refractivity contribution in [2.45, 2.75) is 124 Å². The molecule has 0 unspecified atom stereocenters. The van der Waals surface area contributed by atoms with E-state index in [2.05, 4.69) is 32.6 Å². The summed E-state index contributed by atoms with van der Waals surface area (Å²) in [5.41, 5.74) is 0. The molecular weight excluding hydrogens is 290 g/mol. The summed E-state index contributed by atoms with van der Waals surface area (Å²) in [5.74, 6) is 0.843. The molecule has 0 spiro atoms. The van der Waals surface area contributed by atoms with E-state index in [-0.39, 0.29) is 0 Å². The van der Waals surface area contributed by atoms with Gasteiger partial charge in [-0.3, -0.25) is 0 Å². The lowest BCUT2D eigenvalue weighted by Gasteiger charge is -2.23. The maximum Gasteiger partial charge on any atom is -0.00163 e. The maximum atomic E-state index is 2.76. The summed E-state index contributed by atoms with van der Waals surface area (Å²) in [6.45, 7) is 13.3. The van der Waals surface area contributed by atoms with Crippen molar-refractivity contribution in [3.05, 3.63) is 0 Å². The van der Waals surface area contributed by atoms with Crippen LogP contribution in [0.1, 0.15) is 124 Å². The first-order valence-corrected chi connectivity index (χ1v) is 11.4. The zero-order valence-corrected chi connectivity index (χ0v) is 17.8. The molecule has 0 saturated carbocycles. The predicted molar refractivity (Wildman–Crippen MR) is 112 cm³/mol. The van der Waals surface area contributed by atoms with Gasteiger partial charge >= 0.3 is 0 Å². The van der Waals surface area contributed by atoms with Crippen molar-refractivity contribution in [3.63, 3.8) is 0 Å². The van der Waals surface area contributed by atoms with E-state index in [1.165, 1.54) is 116 Å². The average molecular weight is 340 g/mol. The van der Waals surface area contributed by atoms with Gasteiger partial charge in [-0.15, -0.1) is 0 Å². The largest absolute Gasteiger partial charge is 0.303 e. The first-order valence-electron chi connectivity index (χ1n) is 11.4. The molecule has 0 heterocycles. The standard InChI is InChI=1S/C23H49N/c1-5-7-9-11-13-15-17-20-24(22-19-23(3)4)21-18-16-14-12-10-8-6-2/h23H,5-22H2,1-4H3. The van der Waals surface area contributed by atoms with Crippen LogP contribution in [-0.2, 0) is 0 Å². The SMILES string of the molecule is CCCCCCCCCN(CCCCCCCCC)CCC(C)C. The Kier molecular flexibility index (Phi) is 19.3. The zero-order chi connectivity index (χ0) is 17.9. The molecule has 0 amide bonds. The van der Waals surface area contributed by atoms with Crippen LogP contribution in [-0.4, -0.2) is 24.5 Å². The van der Waals surface area contributed by atoms with Gasteiger partial charge in [0, 0.05) is 0 Å². The number of hydrogen-bond donors (Lipinski definition) is 0. The van der Waals surface area contributed by atoms with Crippen LogP contribution in [0.15, 0.2) is 0 Å². The molecule has 24 heavy (non-hydrogen) atoms. The Morgan fingerprint density at radius 3 is 1.25 bits per heavy atom. The van der Waals surface area contributed by atoms with Crippen LogP contribution in [0.25, 0.3) is 0 Å². The summed E-state index contributed by atoms with van der Waals surface area (Å²) >= 11 is 0. The highest BCUT2D eigenvalue weighted by atomic mass is 15.1. The molecule has 0 aliphatic rings. The number of unbranched alkanes of at least 4 members (excludes halogenated alkanes) is 12. The normalized spacial score (nSPS) is 11.8. The fourth-order valence-electron chi connectivity index (χ4n) is 3.36. The molecule has 1 heteroatoms. The Morgan fingerprint density at radius 1 is 0.500 bits per heavy atom. The molecule has 0 N–H and O–H groups in total. The van der Waals surface area contributed by atoms with Gasteiger partial charge < -0.3 is 4.90 Å². The summed E-state index contributed by atoms with van der Waals surface area (Å²) in [6, 6.07) is 0. The van der Waals surface area contributed by atoms with Gasteiger partial charge in [0.25, 0.3) is 0 Å². The third-order valence-corrected chi connectivity index (χ3v) is 5.18. The molecular formula is C23H49N. The van der Waals surface area contributed by atoms with Gasteiger partial charge in [0.2, 0.25) is 0 Å². The lowest BCUT2D eigenvalue weighted by atomic mass is 10.1. The Labute approximate surface area is 155 Å². The Hall–Kier alpha value is -0.0400. The summed E-state index contributed by atoms with van der Waals surface area (Å²) in [7, 11) is 0. The van der Waals surface area contributed by atoms with Crippen molar-refractivity contribution >= 4 is 0 Å². The van der Waals surface area contributed by atoms with E-state index in [0.29, 0.717) is 0 Å². The fourth-order valence-corrected chi connectivity index (χ4v) is 3.36. The van der Waals surface area contributed by atoms with E-state index >= 15 is 0 Å². The molecule has 0 radical (unpaired) electrons. The minimum absolute atomic E-state index is 0.843. The molecule has 146 valence electrons. The average Bonchev–Trinajstić information content (AvgIpc) is 2.57. The molecule has 0 aliphatic carbocycles. The van der Waals surface area contributed by atoms with Crippen LogP contribution in [0.3, 0.4) is 0 Å². The van der Waals surface area contributed by atoms with E-state index in [1.807, 2.05) is 0 Å². The lowest BCUT2D eigenvalue weighted by molar-refractivity contribution is 0.246. The maximum absolute atomic E-state index is 2.76. The third-order valence-electron chi connectivity index (χ3n) is 5.18. The van der Waals surface area contributed by atoms with E-state index < -0.39 is 0 Å². The first-order chi connectivity index (χ1) is 11.7. The third kappa shape index (κ3) is 18.3. The van der Waals surface area contributed by atoms with Crippen LogP contribution in [0.2, 0.25) is 0 Å². The van der Waals surface area contributed by atoms with Crippen molar-refractivity contribution < 1.29 is 0 Å². The molecule has 0 atom stereocenters. The monoisotopic (exact) mass is 339 g/mol. The molecule has 0 aromatic heterocycles. The van der Waals surface area contributed by atoms with Crippen LogP contribution in [0.4, 0.5) is 0 Å². The van der Waals surface area contributed by atoms with Crippen molar-refractivity contribution in [1.82, 2.24) is 4.90 Å². The van der Waals surface area contributed by atoms with Crippen LogP contribution in [0, 0.1) is 5.92 Å². The van der Waals surface area contributed by atoms with Crippen molar-refractivity contribution in [2.24, 2.45) is 5.92 Å². The minimum Gasteiger partial charge on any atom is -0.303 e. The summed E-state index contributed by atoms with van der Waals surface area (Å²) in [5, 5.41) is 0.